The normalized spacial score (nSPS) is 12.3. The van der Waals surface area contributed by atoms with E-state index in [-0.39, 0.29) is 12.4 Å². The highest BCUT2D eigenvalue weighted by Crippen LogP contribution is 2.39. The fourth-order valence-corrected chi connectivity index (χ4v) is 1.92. The van der Waals surface area contributed by atoms with Crippen LogP contribution >= 0.6 is 11.6 Å². The fourth-order valence-electron chi connectivity index (χ4n) is 1.72. The number of ether oxygens (including phenoxy) is 2. The molecule has 1 amide bonds. The number of pyridine rings is 1. The van der Waals surface area contributed by atoms with Crippen molar-refractivity contribution in [1.82, 2.24) is 4.98 Å². The van der Waals surface area contributed by atoms with Gasteiger partial charge in [0.1, 0.15) is 0 Å². The molecule has 1 aromatic carbocycles. The van der Waals surface area contributed by atoms with Gasteiger partial charge in [-0.2, -0.15) is 4.39 Å². The summed E-state index contributed by atoms with van der Waals surface area (Å²) in [6, 6.07) is 5.57. The van der Waals surface area contributed by atoms with E-state index in [0.29, 0.717) is 22.2 Å². The zero-order chi connectivity index (χ0) is 14.1. The molecule has 5 nitrogen and oxygen atoms in total. The Morgan fingerprint density at radius 2 is 2.05 bits per heavy atom. The van der Waals surface area contributed by atoms with Crippen LogP contribution in [0.2, 0.25) is 5.02 Å². The van der Waals surface area contributed by atoms with Crippen LogP contribution in [0.4, 0.5) is 10.1 Å². The second-order valence-electron chi connectivity index (χ2n) is 4.01. The number of carbonyl (C=O) groups excluding carboxylic acids is 1. The number of amides is 1. The van der Waals surface area contributed by atoms with Crippen molar-refractivity contribution in [3.05, 3.63) is 47.0 Å². The summed E-state index contributed by atoms with van der Waals surface area (Å²) in [5.41, 5.74) is 0.602. The minimum absolute atomic E-state index is 0.116. The number of hydrogen-bond donors (Lipinski definition) is 1. The van der Waals surface area contributed by atoms with Crippen molar-refractivity contribution in [3.8, 4) is 11.5 Å². The molecule has 2 heterocycles. The van der Waals surface area contributed by atoms with E-state index in [1.807, 2.05) is 0 Å². The van der Waals surface area contributed by atoms with Gasteiger partial charge < -0.3 is 14.8 Å². The molecule has 0 bridgehead atoms. The third-order valence-electron chi connectivity index (χ3n) is 2.70. The summed E-state index contributed by atoms with van der Waals surface area (Å²) in [7, 11) is 0. The summed E-state index contributed by atoms with van der Waals surface area (Å²) in [5, 5.41) is 2.92. The van der Waals surface area contributed by atoms with Crippen molar-refractivity contribution >= 4 is 23.2 Å². The lowest BCUT2D eigenvalue weighted by Crippen LogP contribution is -2.12. The number of benzene rings is 1. The van der Waals surface area contributed by atoms with E-state index in [0.717, 1.165) is 12.3 Å². The van der Waals surface area contributed by atoms with Crippen LogP contribution in [0.25, 0.3) is 0 Å². The summed E-state index contributed by atoms with van der Waals surface area (Å²) in [5.74, 6) is -0.0701. The molecule has 3 rings (SSSR count). The summed E-state index contributed by atoms with van der Waals surface area (Å²) >= 11 is 6.04. The van der Waals surface area contributed by atoms with E-state index >= 15 is 0 Å². The van der Waals surface area contributed by atoms with Crippen LogP contribution in [0.3, 0.4) is 0 Å². The Morgan fingerprint density at radius 1 is 1.30 bits per heavy atom. The van der Waals surface area contributed by atoms with Gasteiger partial charge in [-0.3, -0.25) is 4.79 Å². The molecule has 2 aromatic rings. The monoisotopic (exact) mass is 294 g/mol. The quantitative estimate of drug-likeness (QED) is 0.865. The molecule has 0 radical (unpaired) electrons. The first-order valence-electron chi connectivity index (χ1n) is 5.65. The molecule has 1 N–H and O–H groups in total. The van der Waals surface area contributed by atoms with Crippen LogP contribution in [-0.2, 0) is 0 Å². The number of nitrogens with one attached hydrogen (secondary N) is 1. The highest BCUT2D eigenvalue weighted by molar-refractivity contribution is 6.34. The predicted molar refractivity (Wildman–Crippen MR) is 69.7 cm³/mol. The Hall–Kier alpha value is -2.34. The molecule has 0 fully saturated rings. The number of rotatable bonds is 2. The number of anilines is 1. The third kappa shape index (κ3) is 2.37. The van der Waals surface area contributed by atoms with Crippen LogP contribution < -0.4 is 14.8 Å². The zero-order valence-corrected chi connectivity index (χ0v) is 10.8. The Balaban J connectivity index is 1.84. The van der Waals surface area contributed by atoms with Gasteiger partial charge in [-0.15, -0.1) is 0 Å². The van der Waals surface area contributed by atoms with Crippen molar-refractivity contribution in [1.29, 1.82) is 0 Å². The van der Waals surface area contributed by atoms with Crippen molar-refractivity contribution in [3.63, 3.8) is 0 Å². The topological polar surface area (TPSA) is 60.5 Å². The fraction of sp³-hybridized carbons (Fsp3) is 0.0769. The van der Waals surface area contributed by atoms with Gasteiger partial charge in [0, 0.05) is 18.3 Å². The summed E-state index contributed by atoms with van der Waals surface area (Å²) in [6.45, 7) is 0.116. The maximum absolute atomic E-state index is 12.7. The lowest BCUT2D eigenvalue weighted by Gasteiger charge is -2.08. The number of aromatic nitrogens is 1. The predicted octanol–water partition coefficient (Wildman–Crippen LogP) is 2.86. The van der Waals surface area contributed by atoms with Gasteiger partial charge in [-0.05, 0) is 12.1 Å². The molecular weight excluding hydrogens is 287 g/mol. The molecule has 1 aromatic heterocycles. The van der Waals surface area contributed by atoms with E-state index in [1.165, 1.54) is 6.07 Å². The molecule has 102 valence electrons. The molecule has 0 unspecified atom stereocenters. The zero-order valence-electron chi connectivity index (χ0n) is 10.0. The smallest absolute Gasteiger partial charge is 0.257 e. The molecule has 1 aliphatic heterocycles. The second kappa shape index (κ2) is 4.97. The van der Waals surface area contributed by atoms with Gasteiger partial charge in [0.15, 0.2) is 11.5 Å². The number of hydrogen-bond acceptors (Lipinski definition) is 4. The maximum atomic E-state index is 12.7. The molecule has 20 heavy (non-hydrogen) atoms. The minimum Gasteiger partial charge on any atom is -0.454 e. The van der Waals surface area contributed by atoms with Crippen molar-refractivity contribution in [2.75, 3.05) is 12.1 Å². The number of carbonyl (C=O) groups is 1. The average Bonchev–Trinajstić information content (AvgIpc) is 2.87. The van der Waals surface area contributed by atoms with Crippen LogP contribution in [-0.4, -0.2) is 17.7 Å². The van der Waals surface area contributed by atoms with Gasteiger partial charge in [-0.25, -0.2) is 4.98 Å². The van der Waals surface area contributed by atoms with E-state index < -0.39 is 11.9 Å². The first kappa shape index (κ1) is 12.7. The summed E-state index contributed by atoms with van der Waals surface area (Å²) < 4.78 is 23.1. The standard InChI is InChI=1S/C13H8ClFN2O3/c14-8-3-10-11(20-6-19-10)4-9(8)17-13(18)7-1-2-12(15)16-5-7/h1-5H,6H2,(H,17,18). The van der Waals surface area contributed by atoms with Gasteiger partial charge in [0.05, 0.1) is 16.3 Å². The summed E-state index contributed by atoms with van der Waals surface area (Å²) in [4.78, 5) is 15.4. The average molecular weight is 295 g/mol. The molecule has 1 aliphatic rings. The number of halogens is 2. The molecule has 7 heteroatoms. The minimum atomic E-state index is -0.650. The molecule has 0 atom stereocenters. The third-order valence-corrected chi connectivity index (χ3v) is 3.01. The molecular formula is C13H8ClFN2O3. The van der Waals surface area contributed by atoms with Crippen LogP contribution in [0.5, 0.6) is 11.5 Å². The summed E-state index contributed by atoms with van der Waals surface area (Å²) in [6.07, 6.45) is 1.14. The van der Waals surface area contributed by atoms with Crippen molar-refractivity contribution in [2.24, 2.45) is 0 Å². The lowest BCUT2D eigenvalue weighted by atomic mass is 10.2. The van der Waals surface area contributed by atoms with Crippen LogP contribution in [0, 0.1) is 5.95 Å². The van der Waals surface area contributed by atoms with Gasteiger partial charge >= 0.3 is 0 Å². The van der Waals surface area contributed by atoms with Gasteiger partial charge in [-0.1, -0.05) is 11.6 Å². The molecule has 0 saturated heterocycles. The first-order chi connectivity index (χ1) is 9.63. The maximum Gasteiger partial charge on any atom is 0.257 e. The highest BCUT2D eigenvalue weighted by Gasteiger charge is 2.18. The van der Waals surface area contributed by atoms with Crippen LogP contribution in [0.15, 0.2) is 30.5 Å². The van der Waals surface area contributed by atoms with Crippen molar-refractivity contribution < 1.29 is 18.7 Å². The van der Waals surface area contributed by atoms with Gasteiger partial charge in [0.2, 0.25) is 12.7 Å². The highest BCUT2D eigenvalue weighted by atomic mass is 35.5. The van der Waals surface area contributed by atoms with E-state index in [1.54, 1.807) is 12.1 Å². The van der Waals surface area contributed by atoms with E-state index in [4.69, 9.17) is 21.1 Å². The molecule has 0 aliphatic carbocycles. The largest absolute Gasteiger partial charge is 0.454 e. The second-order valence-corrected chi connectivity index (χ2v) is 4.42. The Morgan fingerprint density at radius 3 is 2.75 bits per heavy atom. The Kier molecular flexibility index (Phi) is 3.15. The molecule has 0 saturated carbocycles. The number of nitrogens with zero attached hydrogens (tertiary/aromatic N) is 1. The SMILES string of the molecule is O=C(Nc1cc2c(cc1Cl)OCO2)c1ccc(F)nc1. The number of fused-ring (bicyclic) bond motifs is 1. The van der Waals surface area contributed by atoms with E-state index in [2.05, 4.69) is 10.3 Å². The van der Waals surface area contributed by atoms with Crippen molar-refractivity contribution in [2.45, 2.75) is 0 Å². The van der Waals surface area contributed by atoms with Gasteiger partial charge in [0.25, 0.3) is 5.91 Å². The van der Waals surface area contributed by atoms with Crippen LogP contribution in [0.1, 0.15) is 10.4 Å². The Labute approximate surface area is 118 Å². The van der Waals surface area contributed by atoms with E-state index in [9.17, 15) is 9.18 Å². The Bertz CT molecular complexity index is 676. The molecule has 0 spiro atoms. The lowest BCUT2D eigenvalue weighted by molar-refractivity contribution is 0.102. The first-order valence-corrected chi connectivity index (χ1v) is 6.03.